The average Bonchev–Trinajstić information content (AvgIpc) is 2.88. The fourth-order valence-corrected chi connectivity index (χ4v) is 2.38. The second-order valence-corrected chi connectivity index (χ2v) is 4.49. The molecule has 3 rings (SSSR count). The van der Waals surface area contributed by atoms with Gasteiger partial charge in [0.1, 0.15) is 18.2 Å². The van der Waals surface area contributed by atoms with Crippen LogP contribution in [0.1, 0.15) is 26.2 Å². The Bertz CT molecular complexity index is 492. The summed E-state index contributed by atoms with van der Waals surface area (Å²) in [6, 6.07) is 0.535. The highest BCUT2D eigenvalue weighted by Crippen LogP contribution is 2.25. The maximum absolute atomic E-state index is 4.26. The number of rotatable bonds is 2. The highest BCUT2D eigenvalue weighted by Gasteiger charge is 2.23. The summed E-state index contributed by atoms with van der Waals surface area (Å²) in [7, 11) is 0. The van der Waals surface area contributed by atoms with Gasteiger partial charge in [-0.05, 0) is 18.8 Å². The zero-order chi connectivity index (χ0) is 11.0. The highest BCUT2D eigenvalue weighted by atomic mass is 15.5. The molecule has 1 fully saturated rings. The van der Waals surface area contributed by atoms with Gasteiger partial charge in [0.2, 0.25) is 0 Å². The third kappa shape index (κ3) is 1.52. The first-order chi connectivity index (χ1) is 7.84. The maximum atomic E-state index is 4.26. The first-order valence-corrected chi connectivity index (χ1v) is 5.74. The molecule has 5 heteroatoms. The molecule has 2 aromatic heterocycles. The maximum Gasteiger partial charge on any atom is 0.181 e. The van der Waals surface area contributed by atoms with Crippen LogP contribution in [-0.4, -0.2) is 25.7 Å². The molecule has 0 aliphatic heterocycles. The van der Waals surface area contributed by atoms with Crippen LogP contribution in [0.3, 0.4) is 0 Å². The Morgan fingerprint density at radius 2 is 2.31 bits per heavy atom. The molecule has 2 aromatic rings. The fourth-order valence-electron chi connectivity index (χ4n) is 2.38. The van der Waals surface area contributed by atoms with Crippen LogP contribution in [0.5, 0.6) is 0 Å². The molecule has 0 amide bonds. The summed E-state index contributed by atoms with van der Waals surface area (Å²) >= 11 is 0. The topological polar surface area (TPSA) is 55.6 Å². The molecule has 84 valence electrons. The van der Waals surface area contributed by atoms with E-state index in [0.29, 0.717) is 6.04 Å². The summed E-state index contributed by atoms with van der Waals surface area (Å²) in [5.41, 5.74) is 5.17. The van der Waals surface area contributed by atoms with Crippen molar-refractivity contribution in [3.63, 3.8) is 0 Å². The molecule has 0 spiro atoms. The highest BCUT2D eigenvalue weighted by molar-refractivity contribution is 5.69. The lowest BCUT2D eigenvalue weighted by Crippen LogP contribution is -2.29. The molecule has 0 aromatic carbocycles. The summed E-state index contributed by atoms with van der Waals surface area (Å²) in [4.78, 5) is 12.5. The third-order valence-electron chi connectivity index (χ3n) is 3.38. The molecule has 5 nitrogen and oxygen atoms in total. The number of nitrogens with zero attached hydrogens (tertiary/aromatic N) is 4. The summed E-state index contributed by atoms with van der Waals surface area (Å²) < 4.78 is 1.92. The summed E-state index contributed by atoms with van der Waals surface area (Å²) in [5, 5.41) is 0. The molecule has 16 heavy (non-hydrogen) atoms. The quantitative estimate of drug-likeness (QED) is 0.829. The Morgan fingerprint density at radius 1 is 1.38 bits per heavy atom. The van der Waals surface area contributed by atoms with Crippen molar-refractivity contribution in [2.45, 2.75) is 32.2 Å². The van der Waals surface area contributed by atoms with Gasteiger partial charge in [-0.15, -0.1) is 0 Å². The summed E-state index contributed by atoms with van der Waals surface area (Å²) in [6.07, 6.45) is 8.91. The Balaban J connectivity index is 1.89. The van der Waals surface area contributed by atoms with Gasteiger partial charge < -0.3 is 5.43 Å². The van der Waals surface area contributed by atoms with E-state index in [1.165, 1.54) is 19.3 Å². The van der Waals surface area contributed by atoms with E-state index in [-0.39, 0.29) is 0 Å². The van der Waals surface area contributed by atoms with Gasteiger partial charge in [0, 0.05) is 6.04 Å². The zero-order valence-electron chi connectivity index (χ0n) is 9.30. The SMILES string of the molecule is CC1CCCC1Nn1cnc2cncnc21. The molecule has 1 saturated carbocycles. The lowest BCUT2D eigenvalue weighted by Gasteiger charge is -2.18. The number of fused-ring (bicyclic) bond motifs is 1. The molecule has 0 radical (unpaired) electrons. The molecule has 0 saturated heterocycles. The number of aromatic nitrogens is 4. The summed E-state index contributed by atoms with van der Waals surface area (Å²) in [5.74, 6) is 0.722. The van der Waals surface area contributed by atoms with Gasteiger partial charge in [-0.3, -0.25) is 0 Å². The van der Waals surface area contributed by atoms with Crippen molar-refractivity contribution >= 4 is 11.2 Å². The molecule has 1 N–H and O–H groups in total. The lowest BCUT2D eigenvalue weighted by atomic mass is 10.1. The van der Waals surface area contributed by atoms with Gasteiger partial charge in [-0.2, -0.15) is 0 Å². The predicted octanol–water partition coefficient (Wildman–Crippen LogP) is 1.56. The van der Waals surface area contributed by atoms with Crippen LogP contribution in [0.15, 0.2) is 18.9 Å². The first-order valence-electron chi connectivity index (χ1n) is 5.74. The Kier molecular flexibility index (Phi) is 2.23. The van der Waals surface area contributed by atoms with Crippen LogP contribution in [0.4, 0.5) is 0 Å². The van der Waals surface area contributed by atoms with Crippen molar-refractivity contribution in [2.75, 3.05) is 5.43 Å². The Hall–Kier alpha value is -1.65. The zero-order valence-corrected chi connectivity index (χ0v) is 9.30. The van der Waals surface area contributed by atoms with Gasteiger partial charge in [0.25, 0.3) is 0 Å². The smallest absolute Gasteiger partial charge is 0.181 e. The molecule has 0 bridgehead atoms. The van der Waals surface area contributed by atoms with Crippen LogP contribution in [0.25, 0.3) is 11.2 Å². The van der Waals surface area contributed by atoms with Gasteiger partial charge in [0.15, 0.2) is 5.65 Å². The number of hydrogen-bond acceptors (Lipinski definition) is 4. The van der Waals surface area contributed by atoms with E-state index in [1.807, 2.05) is 4.68 Å². The van der Waals surface area contributed by atoms with Gasteiger partial charge in [0.05, 0.1) is 6.20 Å². The van der Waals surface area contributed by atoms with E-state index in [1.54, 1.807) is 18.9 Å². The van der Waals surface area contributed by atoms with Crippen LogP contribution < -0.4 is 5.43 Å². The van der Waals surface area contributed by atoms with Gasteiger partial charge in [-0.1, -0.05) is 13.3 Å². The monoisotopic (exact) mass is 217 g/mol. The number of hydrogen-bond donors (Lipinski definition) is 1. The minimum absolute atomic E-state index is 0.535. The lowest BCUT2D eigenvalue weighted by molar-refractivity contribution is 0.519. The first kappa shape index (κ1) is 9.57. The summed E-state index contributed by atoms with van der Waals surface area (Å²) in [6.45, 7) is 2.29. The van der Waals surface area contributed by atoms with Crippen molar-refractivity contribution in [3.8, 4) is 0 Å². The van der Waals surface area contributed by atoms with Crippen LogP contribution in [-0.2, 0) is 0 Å². The molecule has 2 unspecified atom stereocenters. The van der Waals surface area contributed by atoms with Crippen LogP contribution in [0, 0.1) is 5.92 Å². The second kappa shape index (κ2) is 3.73. The standard InChI is InChI=1S/C11H15N5/c1-8-3-2-4-9(8)15-16-7-14-10-5-12-6-13-11(10)16/h5-9,15H,2-4H2,1H3. The Morgan fingerprint density at radius 3 is 3.12 bits per heavy atom. The second-order valence-electron chi connectivity index (χ2n) is 4.49. The average molecular weight is 217 g/mol. The van der Waals surface area contributed by atoms with Crippen molar-refractivity contribution in [2.24, 2.45) is 5.92 Å². The van der Waals surface area contributed by atoms with Crippen molar-refractivity contribution in [1.82, 2.24) is 19.6 Å². The minimum atomic E-state index is 0.535. The third-order valence-corrected chi connectivity index (χ3v) is 3.38. The van der Waals surface area contributed by atoms with E-state index in [4.69, 9.17) is 0 Å². The number of imidazole rings is 1. The van der Waals surface area contributed by atoms with E-state index in [2.05, 4.69) is 27.3 Å². The van der Waals surface area contributed by atoms with Crippen molar-refractivity contribution in [3.05, 3.63) is 18.9 Å². The van der Waals surface area contributed by atoms with E-state index in [0.717, 1.165) is 17.1 Å². The molecular weight excluding hydrogens is 202 g/mol. The van der Waals surface area contributed by atoms with E-state index >= 15 is 0 Å². The fraction of sp³-hybridized carbons (Fsp3) is 0.545. The Labute approximate surface area is 93.9 Å². The van der Waals surface area contributed by atoms with E-state index < -0.39 is 0 Å². The van der Waals surface area contributed by atoms with Crippen LogP contribution >= 0.6 is 0 Å². The predicted molar refractivity (Wildman–Crippen MR) is 61.5 cm³/mol. The normalized spacial score (nSPS) is 25.1. The molecule has 2 atom stereocenters. The van der Waals surface area contributed by atoms with Crippen LogP contribution in [0.2, 0.25) is 0 Å². The minimum Gasteiger partial charge on any atom is -0.320 e. The molecule has 2 heterocycles. The van der Waals surface area contributed by atoms with Gasteiger partial charge >= 0.3 is 0 Å². The van der Waals surface area contributed by atoms with Crippen molar-refractivity contribution in [1.29, 1.82) is 0 Å². The largest absolute Gasteiger partial charge is 0.320 e. The molecule has 1 aliphatic rings. The molecule has 1 aliphatic carbocycles. The molecular formula is C11H15N5. The van der Waals surface area contributed by atoms with E-state index in [9.17, 15) is 0 Å². The van der Waals surface area contributed by atoms with Gasteiger partial charge in [-0.25, -0.2) is 19.6 Å². The number of nitrogens with one attached hydrogen (secondary N) is 1. The van der Waals surface area contributed by atoms with Crippen molar-refractivity contribution < 1.29 is 0 Å².